The summed E-state index contributed by atoms with van der Waals surface area (Å²) in [5.41, 5.74) is 14.0. The van der Waals surface area contributed by atoms with Gasteiger partial charge in [0.15, 0.2) is 23.0 Å². The van der Waals surface area contributed by atoms with Crippen LogP contribution in [0.25, 0.3) is 21.8 Å². The van der Waals surface area contributed by atoms with Crippen LogP contribution < -0.4 is 40.2 Å². The van der Waals surface area contributed by atoms with Gasteiger partial charge < -0.3 is 50.0 Å². The van der Waals surface area contributed by atoms with E-state index in [1.165, 1.54) is 0 Å². The van der Waals surface area contributed by atoms with E-state index in [0.717, 1.165) is 51.4 Å². The van der Waals surface area contributed by atoms with E-state index in [1.54, 1.807) is 40.6 Å². The highest BCUT2D eigenvalue weighted by atomic mass is 16.5. The number of rotatable bonds is 17. The van der Waals surface area contributed by atoms with E-state index < -0.39 is 0 Å². The lowest BCUT2D eigenvalue weighted by Crippen LogP contribution is -2.49. The molecule has 0 bridgehead atoms. The quantitative estimate of drug-likeness (QED) is 0.141. The minimum absolute atomic E-state index is 0.209. The molecule has 2 amide bonds. The number of nitrogens with zero attached hydrogens (tertiary/aromatic N) is 8. The lowest BCUT2D eigenvalue weighted by atomic mass is 10.1. The lowest BCUT2D eigenvalue weighted by molar-refractivity contribution is -0.132. The Hall–Kier alpha value is -5.54. The Balaban J connectivity index is 0.810. The Morgan fingerprint density at radius 2 is 0.821 bits per heavy atom. The molecule has 4 N–H and O–H groups in total. The third-order valence-electron chi connectivity index (χ3n) is 10.8. The largest absolute Gasteiger partial charge is 0.493 e. The second-order valence-corrected chi connectivity index (χ2v) is 14.3. The number of nitrogens with two attached hydrogens (primary N) is 2. The van der Waals surface area contributed by atoms with Crippen molar-refractivity contribution in [3.05, 3.63) is 24.3 Å². The molecule has 16 nitrogen and oxygen atoms in total. The number of hydrogen-bond donors (Lipinski definition) is 2. The zero-order valence-electron chi connectivity index (χ0n) is 33.2. The topological polar surface area (TPSA) is 188 Å². The average Bonchev–Trinajstić information content (AvgIpc) is 3.23. The van der Waals surface area contributed by atoms with Crippen LogP contribution in [-0.4, -0.2) is 122 Å². The summed E-state index contributed by atoms with van der Waals surface area (Å²) in [6.45, 7) is 5.13. The van der Waals surface area contributed by atoms with Gasteiger partial charge in [0.1, 0.15) is 11.6 Å². The highest BCUT2D eigenvalue weighted by Gasteiger charge is 2.25. The minimum Gasteiger partial charge on any atom is -0.493 e. The summed E-state index contributed by atoms with van der Waals surface area (Å²) < 4.78 is 21.6. The second kappa shape index (κ2) is 18.9. The van der Waals surface area contributed by atoms with Crippen LogP contribution in [0, 0.1) is 0 Å². The van der Waals surface area contributed by atoms with E-state index in [9.17, 15) is 9.59 Å². The minimum atomic E-state index is 0.209. The standard InChI is InChI=1S/C40H56N10O6/c1-53-31-23-27-29(25-33(31)55-3)43-39(45-37(27)41)49-19-15-47(16-20-49)35(51)13-11-9-7-5-6-8-10-12-14-36(52)48-17-21-50(22-18-48)40-44-30-26-34(56-4)32(54-2)24-28(30)38(42)46-40/h23-26H,5-22H2,1-4H3,(H2,41,43,45)(H2,42,44,46). The Labute approximate surface area is 328 Å². The molecule has 0 unspecified atom stereocenters. The number of ether oxygens (including phenoxy) is 4. The van der Waals surface area contributed by atoms with Crippen LogP contribution in [0.1, 0.15) is 64.2 Å². The third kappa shape index (κ3) is 9.45. The lowest BCUT2D eigenvalue weighted by Gasteiger charge is -2.35. The number of aromatic nitrogens is 4. The molecule has 2 saturated heterocycles. The summed E-state index contributed by atoms with van der Waals surface area (Å²) in [6.07, 6.45) is 9.60. The van der Waals surface area contributed by atoms with Crippen LogP contribution in [0.15, 0.2) is 24.3 Å². The van der Waals surface area contributed by atoms with Crippen molar-refractivity contribution >= 4 is 57.2 Å². The number of carbonyl (C=O) groups is 2. The summed E-state index contributed by atoms with van der Waals surface area (Å²) in [7, 11) is 6.33. The first-order chi connectivity index (χ1) is 27.2. The maximum atomic E-state index is 12.9. The molecule has 0 aliphatic carbocycles. The molecule has 0 saturated carbocycles. The fourth-order valence-corrected chi connectivity index (χ4v) is 7.46. The fraction of sp³-hybridized carbons (Fsp3) is 0.550. The molecule has 2 aliphatic rings. The molecule has 56 heavy (non-hydrogen) atoms. The average molecular weight is 773 g/mol. The fourth-order valence-electron chi connectivity index (χ4n) is 7.46. The van der Waals surface area contributed by atoms with Crippen molar-refractivity contribution in [1.82, 2.24) is 29.7 Å². The van der Waals surface area contributed by atoms with Gasteiger partial charge in [0, 0.05) is 88.1 Å². The summed E-state index contributed by atoms with van der Waals surface area (Å²) in [4.78, 5) is 52.5. The molecule has 4 aromatic rings. The van der Waals surface area contributed by atoms with Crippen LogP contribution in [-0.2, 0) is 9.59 Å². The molecule has 0 radical (unpaired) electrons. The van der Waals surface area contributed by atoms with Gasteiger partial charge in [-0.3, -0.25) is 9.59 Å². The number of amides is 2. The molecule has 0 spiro atoms. The maximum Gasteiger partial charge on any atom is 0.228 e. The second-order valence-electron chi connectivity index (χ2n) is 14.3. The Morgan fingerprint density at radius 1 is 0.500 bits per heavy atom. The van der Waals surface area contributed by atoms with Crippen molar-refractivity contribution in [2.24, 2.45) is 0 Å². The third-order valence-corrected chi connectivity index (χ3v) is 10.8. The van der Waals surface area contributed by atoms with Gasteiger partial charge in [0.2, 0.25) is 23.7 Å². The number of carbonyl (C=O) groups excluding carboxylic acids is 2. The Bertz CT molecular complexity index is 1840. The van der Waals surface area contributed by atoms with Crippen molar-refractivity contribution < 1.29 is 28.5 Å². The highest BCUT2D eigenvalue weighted by molar-refractivity contribution is 5.92. The molecule has 0 atom stereocenters. The first kappa shape index (κ1) is 40.1. The van der Waals surface area contributed by atoms with E-state index in [4.69, 9.17) is 40.4 Å². The molecular weight excluding hydrogens is 717 g/mol. The maximum absolute atomic E-state index is 12.9. The first-order valence-corrected chi connectivity index (χ1v) is 19.7. The zero-order chi connectivity index (χ0) is 39.6. The van der Waals surface area contributed by atoms with E-state index in [-0.39, 0.29) is 11.8 Å². The number of anilines is 4. The van der Waals surface area contributed by atoms with Crippen molar-refractivity contribution in [3.63, 3.8) is 0 Å². The molecule has 302 valence electrons. The molecule has 6 rings (SSSR count). The van der Waals surface area contributed by atoms with Gasteiger partial charge in [-0.1, -0.05) is 38.5 Å². The SMILES string of the molecule is COc1cc2nc(N3CCN(C(=O)CCCCCCCCCCC(=O)N4CCN(c5nc(N)c6cc(OC)c(OC)cc6n5)CC4)CC3)nc(N)c2cc1OC. The molecule has 2 aromatic carbocycles. The highest BCUT2D eigenvalue weighted by Crippen LogP contribution is 2.35. The van der Waals surface area contributed by atoms with Gasteiger partial charge in [-0.25, -0.2) is 9.97 Å². The van der Waals surface area contributed by atoms with Crippen molar-refractivity contribution in [1.29, 1.82) is 0 Å². The Morgan fingerprint density at radius 3 is 1.16 bits per heavy atom. The summed E-state index contributed by atoms with van der Waals surface area (Å²) in [6, 6.07) is 7.20. The van der Waals surface area contributed by atoms with Crippen molar-refractivity contribution in [2.45, 2.75) is 64.2 Å². The molecule has 2 aromatic heterocycles. The smallest absolute Gasteiger partial charge is 0.228 e. The van der Waals surface area contributed by atoms with Crippen LogP contribution in [0.5, 0.6) is 23.0 Å². The van der Waals surface area contributed by atoms with E-state index >= 15 is 0 Å². The number of fused-ring (bicyclic) bond motifs is 2. The predicted octanol–water partition coefficient (Wildman–Crippen LogP) is 4.67. The molecule has 16 heteroatoms. The number of unbranched alkanes of at least 4 members (excludes halogenated alkanes) is 7. The van der Waals surface area contributed by atoms with E-state index in [1.807, 2.05) is 21.9 Å². The number of piperazine rings is 2. The van der Waals surface area contributed by atoms with Gasteiger partial charge in [0.05, 0.1) is 39.5 Å². The van der Waals surface area contributed by atoms with E-state index in [0.29, 0.717) is 134 Å². The first-order valence-electron chi connectivity index (χ1n) is 19.7. The van der Waals surface area contributed by atoms with Gasteiger partial charge >= 0.3 is 0 Å². The molecule has 4 heterocycles. The normalized spacial score (nSPS) is 14.7. The zero-order valence-corrected chi connectivity index (χ0v) is 33.2. The molecule has 2 fully saturated rings. The van der Waals surface area contributed by atoms with Crippen LogP contribution in [0.4, 0.5) is 23.5 Å². The number of methoxy groups -OCH3 is 4. The van der Waals surface area contributed by atoms with Gasteiger partial charge in [-0.2, -0.15) is 9.97 Å². The number of hydrogen-bond acceptors (Lipinski definition) is 14. The number of nitrogen functional groups attached to an aromatic ring is 2. The van der Waals surface area contributed by atoms with Crippen molar-refractivity contribution in [2.75, 3.05) is 102 Å². The van der Waals surface area contributed by atoms with Crippen LogP contribution >= 0.6 is 0 Å². The summed E-state index contributed by atoms with van der Waals surface area (Å²) in [5, 5.41) is 1.42. The van der Waals surface area contributed by atoms with Gasteiger partial charge in [0.25, 0.3) is 0 Å². The monoisotopic (exact) mass is 772 g/mol. The van der Waals surface area contributed by atoms with Gasteiger partial charge in [-0.05, 0) is 25.0 Å². The number of benzene rings is 2. The van der Waals surface area contributed by atoms with Crippen LogP contribution in [0.3, 0.4) is 0 Å². The predicted molar refractivity (Wildman–Crippen MR) is 218 cm³/mol. The van der Waals surface area contributed by atoms with Gasteiger partial charge in [-0.15, -0.1) is 0 Å². The van der Waals surface area contributed by atoms with Crippen molar-refractivity contribution in [3.8, 4) is 23.0 Å². The Kier molecular flexibility index (Phi) is 13.5. The van der Waals surface area contributed by atoms with E-state index in [2.05, 4.69) is 19.8 Å². The molecule has 2 aliphatic heterocycles. The summed E-state index contributed by atoms with van der Waals surface area (Å²) in [5.74, 6) is 4.60. The molecular formula is C40H56N10O6. The summed E-state index contributed by atoms with van der Waals surface area (Å²) >= 11 is 0. The van der Waals surface area contributed by atoms with Crippen LogP contribution in [0.2, 0.25) is 0 Å².